The number of benzene rings is 1. The highest BCUT2D eigenvalue weighted by atomic mass is 35.5. The van der Waals surface area contributed by atoms with Gasteiger partial charge in [0.25, 0.3) is 0 Å². The van der Waals surface area contributed by atoms with Gasteiger partial charge in [0, 0.05) is 10.7 Å². The van der Waals surface area contributed by atoms with Gasteiger partial charge in [-0.05, 0) is 37.3 Å². The van der Waals surface area contributed by atoms with Gasteiger partial charge in [0.15, 0.2) is 5.54 Å². The Labute approximate surface area is 120 Å². The van der Waals surface area contributed by atoms with E-state index >= 15 is 0 Å². The van der Waals surface area contributed by atoms with Crippen LogP contribution in [0.2, 0.25) is 5.02 Å². The number of carbonyl (C=O) groups is 1. The summed E-state index contributed by atoms with van der Waals surface area (Å²) in [6.07, 6.45) is 0.982. The summed E-state index contributed by atoms with van der Waals surface area (Å²) >= 11 is 5.87. The number of anilines is 1. The van der Waals surface area contributed by atoms with Gasteiger partial charge in [0.2, 0.25) is 0 Å². The van der Waals surface area contributed by atoms with Crippen molar-refractivity contribution in [3.8, 4) is 0 Å². The van der Waals surface area contributed by atoms with Crippen molar-refractivity contribution < 1.29 is 14.3 Å². The first-order valence-electron chi connectivity index (χ1n) is 5.81. The number of carboxylic acid groups (broad SMARTS) is 1. The third-order valence-corrected chi connectivity index (χ3v) is 3.12. The second-order valence-electron chi connectivity index (χ2n) is 4.43. The van der Waals surface area contributed by atoms with Crippen molar-refractivity contribution in [2.45, 2.75) is 12.5 Å². The topological polar surface area (TPSA) is 62.2 Å². The standard InChI is InChI=1S/C14H12ClFN2O2/c1-14(13(19)20,12-6-5-10(16)8-17-12)18-11-4-2-3-9(15)7-11/h2-8,18H,1H3,(H,19,20). The predicted octanol–water partition coefficient (Wildman–Crippen LogP) is 3.29. The lowest BCUT2D eigenvalue weighted by molar-refractivity contribution is -0.142. The molecule has 2 rings (SSSR count). The van der Waals surface area contributed by atoms with E-state index in [2.05, 4.69) is 10.3 Å². The van der Waals surface area contributed by atoms with Crippen molar-refractivity contribution in [2.24, 2.45) is 0 Å². The van der Waals surface area contributed by atoms with Gasteiger partial charge < -0.3 is 10.4 Å². The number of aromatic nitrogens is 1. The number of nitrogens with one attached hydrogen (secondary N) is 1. The highest BCUT2D eigenvalue weighted by Crippen LogP contribution is 2.26. The Balaban J connectivity index is 2.39. The fourth-order valence-corrected chi connectivity index (χ4v) is 1.94. The maximum Gasteiger partial charge on any atom is 0.335 e. The van der Waals surface area contributed by atoms with Crippen LogP contribution in [0.15, 0.2) is 42.6 Å². The molecule has 0 saturated carbocycles. The van der Waals surface area contributed by atoms with Crippen LogP contribution in [0.25, 0.3) is 0 Å². The number of aliphatic carboxylic acids is 1. The van der Waals surface area contributed by atoms with Crippen molar-refractivity contribution in [1.29, 1.82) is 0 Å². The summed E-state index contributed by atoms with van der Waals surface area (Å²) in [5.41, 5.74) is -0.752. The van der Waals surface area contributed by atoms with Crippen LogP contribution in [0.3, 0.4) is 0 Å². The average Bonchev–Trinajstić information content (AvgIpc) is 2.39. The van der Waals surface area contributed by atoms with E-state index in [1.165, 1.54) is 19.1 Å². The fraction of sp³-hybridized carbons (Fsp3) is 0.143. The van der Waals surface area contributed by atoms with Gasteiger partial charge >= 0.3 is 5.97 Å². The number of nitrogens with zero attached hydrogens (tertiary/aromatic N) is 1. The van der Waals surface area contributed by atoms with Crippen LogP contribution in [0.1, 0.15) is 12.6 Å². The first kappa shape index (κ1) is 14.3. The maximum absolute atomic E-state index is 12.9. The number of rotatable bonds is 4. The van der Waals surface area contributed by atoms with Crippen LogP contribution < -0.4 is 5.32 Å². The summed E-state index contributed by atoms with van der Waals surface area (Å²) in [6, 6.07) is 9.18. The Kier molecular flexibility index (Phi) is 3.90. The van der Waals surface area contributed by atoms with E-state index in [0.29, 0.717) is 10.7 Å². The first-order chi connectivity index (χ1) is 9.41. The van der Waals surface area contributed by atoms with Crippen molar-refractivity contribution in [3.05, 3.63) is 59.1 Å². The number of hydrogen-bond acceptors (Lipinski definition) is 3. The molecule has 4 nitrogen and oxygen atoms in total. The molecular weight excluding hydrogens is 283 g/mol. The molecule has 6 heteroatoms. The molecular formula is C14H12ClFN2O2. The Morgan fingerprint density at radius 2 is 2.15 bits per heavy atom. The molecule has 0 aliphatic heterocycles. The summed E-state index contributed by atoms with van der Waals surface area (Å²) in [7, 11) is 0. The molecule has 0 spiro atoms. The van der Waals surface area contributed by atoms with Crippen LogP contribution in [-0.4, -0.2) is 16.1 Å². The van der Waals surface area contributed by atoms with Crippen LogP contribution in [0.5, 0.6) is 0 Å². The van der Waals surface area contributed by atoms with E-state index in [0.717, 1.165) is 6.20 Å². The Bertz CT molecular complexity index is 633. The fourth-order valence-electron chi connectivity index (χ4n) is 1.75. The molecule has 0 bridgehead atoms. The van der Waals surface area contributed by atoms with Gasteiger partial charge in [-0.15, -0.1) is 0 Å². The lowest BCUT2D eigenvalue weighted by Crippen LogP contribution is -2.41. The molecule has 0 amide bonds. The molecule has 2 aromatic rings. The minimum absolute atomic E-state index is 0.200. The summed E-state index contributed by atoms with van der Waals surface area (Å²) in [6.45, 7) is 1.45. The molecule has 1 heterocycles. The van der Waals surface area contributed by atoms with Gasteiger partial charge in [-0.1, -0.05) is 17.7 Å². The number of halogens is 2. The van der Waals surface area contributed by atoms with Gasteiger partial charge in [-0.25, -0.2) is 9.18 Å². The van der Waals surface area contributed by atoms with E-state index in [1.54, 1.807) is 24.3 Å². The number of hydrogen-bond donors (Lipinski definition) is 2. The van der Waals surface area contributed by atoms with Crippen LogP contribution >= 0.6 is 11.6 Å². The minimum atomic E-state index is -1.49. The third kappa shape index (κ3) is 2.88. The van der Waals surface area contributed by atoms with Gasteiger partial charge in [0.1, 0.15) is 5.82 Å². The highest BCUT2D eigenvalue weighted by molar-refractivity contribution is 6.30. The zero-order valence-electron chi connectivity index (χ0n) is 10.6. The zero-order chi connectivity index (χ0) is 14.8. The van der Waals surface area contributed by atoms with E-state index < -0.39 is 17.3 Å². The van der Waals surface area contributed by atoms with Crippen molar-refractivity contribution in [3.63, 3.8) is 0 Å². The molecule has 1 unspecified atom stereocenters. The van der Waals surface area contributed by atoms with E-state index in [-0.39, 0.29) is 5.69 Å². The summed E-state index contributed by atoms with van der Waals surface area (Å²) in [5, 5.41) is 12.8. The van der Waals surface area contributed by atoms with E-state index in [1.807, 2.05) is 0 Å². The third-order valence-electron chi connectivity index (χ3n) is 2.89. The number of pyridine rings is 1. The normalized spacial score (nSPS) is 13.6. The zero-order valence-corrected chi connectivity index (χ0v) is 11.4. The summed E-state index contributed by atoms with van der Waals surface area (Å²) < 4.78 is 12.9. The Hall–Kier alpha value is -2.14. The van der Waals surface area contributed by atoms with E-state index in [4.69, 9.17) is 11.6 Å². The SMILES string of the molecule is CC(Nc1cccc(Cl)c1)(C(=O)O)c1ccc(F)cn1. The molecule has 20 heavy (non-hydrogen) atoms. The largest absolute Gasteiger partial charge is 0.479 e. The molecule has 0 saturated heterocycles. The lowest BCUT2D eigenvalue weighted by atomic mass is 9.96. The monoisotopic (exact) mass is 294 g/mol. The van der Waals surface area contributed by atoms with Gasteiger partial charge in [-0.2, -0.15) is 0 Å². The van der Waals surface area contributed by atoms with Gasteiger partial charge in [-0.3, -0.25) is 4.98 Å². The lowest BCUT2D eigenvalue weighted by Gasteiger charge is -2.27. The van der Waals surface area contributed by atoms with Crippen molar-refractivity contribution in [2.75, 3.05) is 5.32 Å². The molecule has 0 aliphatic carbocycles. The molecule has 0 aliphatic rings. The molecule has 1 aromatic carbocycles. The number of carboxylic acids is 1. The molecule has 2 N–H and O–H groups in total. The Morgan fingerprint density at radius 1 is 1.40 bits per heavy atom. The second-order valence-corrected chi connectivity index (χ2v) is 4.86. The minimum Gasteiger partial charge on any atom is -0.479 e. The van der Waals surface area contributed by atoms with Crippen LogP contribution in [0, 0.1) is 5.82 Å². The molecule has 1 aromatic heterocycles. The molecule has 0 fully saturated rings. The second kappa shape index (κ2) is 5.46. The average molecular weight is 295 g/mol. The first-order valence-corrected chi connectivity index (χ1v) is 6.19. The quantitative estimate of drug-likeness (QED) is 0.908. The summed E-state index contributed by atoms with van der Waals surface area (Å²) in [4.78, 5) is 15.4. The molecule has 0 radical (unpaired) electrons. The predicted molar refractivity (Wildman–Crippen MR) is 74.3 cm³/mol. The Morgan fingerprint density at radius 3 is 2.70 bits per heavy atom. The molecule has 104 valence electrons. The molecule has 1 atom stereocenters. The van der Waals surface area contributed by atoms with Crippen molar-refractivity contribution in [1.82, 2.24) is 4.98 Å². The van der Waals surface area contributed by atoms with Crippen LogP contribution in [0.4, 0.5) is 10.1 Å². The smallest absolute Gasteiger partial charge is 0.335 e. The van der Waals surface area contributed by atoms with Crippen LogP contribution in [-0.2, 0) is 10.3 Å². The maximum atomic E-state index is 12.9. The van der Waals surface area contributed by atoms with E-state index in [9.17, 15) is 14.3 Å². The van der Waals surface area contributed by atoms with Crippen molar-refractivity contribution >= 4 is 23.3 Å². The summed E-state index contributed by atoms with van der Waals surface area (Å²) in [5.74, 6) is -1.65. The van der Waals surface area contributed by atoms with Gasteiger partial charge in [0.05, 0.1) is 11.9 Å². The highest BCUT2D eigenvalue weighted by Gasteiger charge is 2.36.